The van der Waals surface area contributed by atoms with Crippen molar-refractivity contribution in [2.75, 3.05) is 11.1 Å². The minimum absolute atomic E-state index is 0.147. The van der Waals surface area contributed by atoms with Crippen molar-refractivity contribution in [1.82, 2.24) is 15.2 Å². The van der Waals surface area contributed by atoms with Crippen molar-refractivity contribution in [3.63, 3.8) is 0 Å². The normalized spacial score (nSPS) is 10.7. The fourth-order valence-electron chi connectivity index (χ4n) is 2.48. The van der Waals surface area contributed by atoms with Gasteiger partial charge in [0.25, 0.3) is 0 Å². The molecule has 0 aliphatic carbocycles. The van der Waals surface area contributed by atoms with E-state index in [1.54, 1.807) is 18.2 Å². The number of nitrogens with one attached hydrogen (secondary N) is 2. The van der Waals surface area contributed by atoms with Crippen molar-refractivity contribution in [1.29, 1.82) is 0 Å². The highest BCUT2D eigenvalue weighted by molar-refractivity contribution is 7.99. The molecule has 28 heavy (non-hydrogen) atoms. The predicted octanol–water partition coefficient (Wildman–Crippen LogP) is 5.04. The van der Waals surface area contributed by atoms with Crippen LogP contribution in [-0.2, 0) is 11.4 Å². The summed E-state index contributed by atoms with van der Waals surface area (Å²) < 4.78 is 5.85. The van der Waals surface area contributed by atoms with Gasteiger partial charge in [-0.15, -0.1) is 5.10 Å². The fraction of sp³-hybridized carbons (Fsp3) is 0.211. The largest absolute Gasteiger partial charge is 0.485 e. The molecule has 3 aromatic rings. The molecule has 3 rings (SSSR count). The van der Waals surface area contributed by atoms with Gasteiger partial charge in [0.05, 0.1) is 16.5 Å². The lowest BCUT2D eigenvalue weighted by atomic mass is 10.1. The van der Waals surface area contributed by atoms with Crippen molar-refractivity contribution in [2.24, 2.45) is 0 Å². The Bertz CT molecular complexity index is 974. The van der Waals surface area contributed by atoms with Crippen molar-refractivity contribution in [3.8, 4) is 5.75 Å². The lowest BCUT2D eigenvalue weighted by Gasteiger charge is -2.10. The summed E-state index contributed by atoms with van der Waals surface area (Å²) in [5.74, 6) is 1.36. The molecule has 2 aromatic carbocycles. The SMILES string of the molecule is Cc1cccc(C)c1OCc1nc(SCC(=O)Nc2ccc(Cl)cc2Cl)n[nH]1. The number of carbonyl (C=O) groups excluding carboxylic acids is 1. The van der Waals surface area contributed by atoms with E-state index in [1.807, 2.05) is 32.0 Å². The molecule has 0 spiro atoms. The first kappa shape index (κ1) is 20.5. The first-order chi connectivity index (χ1) is 13.4. The number of hydrogen-bond acceptors (Lipinski definition) is 5. The summed E-state index contributed by atoms with van der Waals surface area (Å²) in [6, 6.07) is 10.9. The van der Waals surface area contributed by atoms with Crippen LogP contribution in [0.4, 0.5) is 5.69 Å². The number of carbonyl (C=O) groups is 1. The van der Waals surface area contributed by atoms with E-state index in [0.717, 1.165) is 16.9 Å². The summed E-state index contributed by atoms with van der Waals surface area (Å²) in [4.78, 5) is 16.4. The van der Waals surface area contributed by atoms with Crippen LogP contribution in [0.1, 0.15) is 17.0 Å². The average molecular weight is 437 g/mol. The van der Waals surface area contributed by atoms with E-state index < -0.39 is 0 Å². The molecule has 1 heterocycles. The summed E-state index contributed by atoms with van der Waals surface area (Å²) in [5, 5.41) is 11.0. The van der Waals surface area contributed by atoms with E-state index in [2.05, 4.69) is 20.5 Å². The Morgan fingerprint density at radius 1 is 1.21 bits per heavy atom. The third-order valence-electron chi connectivity index (χ3n) is 3.81. The number of halogens is 2. The summed E-state index contributed by atoms with van der Waals surface area (Å²) >= 11 is 13.1. The van der Waals surface area contributed by atoms with Crippen molar-refractivity contribution < 1.29 is 9.53 Å². The lowest BCUT2D eigenvalue weighted by molar-refractivity contribution is -0.113. The number of ether oxygens (including phenoxy) is 1. The molecule has 1 amide bonds. The molecule has 6 nitrogen and oxygen atoms in total. The number of anilines is 1. The smallest absolute Gasteiger partial charge is 0.234 e. The maximum absolute atomic E-state index is 12.1. The number of benzene rings is 2. The van der Waals surface area contributed by atoms with Gasteiger partial charge in [-0.2, -0.15) is 0 Å². The van der Waals surface area contributed by atoms with Crippen LogP contribution < -0.4 is 10.1 Å². The molecular weight excluding hydrogens is 419 g/mol. The van der Waals surface area contributed by atoms with Gasteiger partial charge in [0.2, 0.25) is 11.1 Å². The van der Waals surface area contributed by atoms with Gasteiger partial charge in [-0.3, -0.25) is 9.89 Å². The number of thioether (sulfide) groups is 1. The monoisotopic (exact) mass is 436 g/mol. The zero-order chi connectivity index (χ0) is 20.1. The van der Waals surface area contributed by atoms with E-state index >= 15 is 0 Å². The Morgan fingerprint density at radius 3 is 2.68 bits per heavy atom. The molecular formula is C19H18Cl2N4O2S. The van der Waals surface area contributed by atoms with Crippen LogP contribution in [0.25, 0.3) is 0 Å². The molecule has 0 fully saturated rings. The van der Waals surface area contributed by atoms with E-state index in [0.29, 0.717) is 26.7 Å². The zero-order valence-corrected chi connectivity index (χ0v) is 17.6. The summed E-state index contributed by atoms with van der Waals surface area (Å²) in [5.41, 5.74) is 2.63. The van der Waals surface area contributed by atoms with E-state index in [4.69, 9.17) is 27.9 Å². The number of hydrogen-bond donors (Lipinski definition) is 2. The Kier molecular flexibility index (Phi) is 6.83. The molecule has 1 aromatic heterocycles. The highest BCUT2D eigenvalue weighted by Crippen LogP contribution is 2.26. The first-order valence-electron chi connectivity index (χ1n) is 8.40. The quantitative estimate of drug-likeness (QED) is 0.507. The second-order valence-electron chi connectivity index (χ2n) is 6.04. The molecule has 0 unspecified atom stereocenters. The third kappa shape index (κ3) is 5.41. The Morgan fingerprint density at radius 2 is 1.96 bits per heavy atom. The van der Waals surface area contributed by atoms with Gasteiger partial charge in [0, 0.05) is 5.02 Å². The second-order valence-corrected chi connectivity index (χ2v) is 7.82. The molecule has 0 bridgehead atoms. The van der Waals surface area contributed by atoms with Crippen molar-refractivity contribution in [3.05, 3.63) is 63.4 Å². The van der Waals surface area contributed by atoms with E-state index in [1.165, 1.54) is 11.8 Å². The Labute approximate surface area is 177 Å². The molecule has 0 aliphatic heterocycles. The van der Waals surface area contributed by atoms with Crippen LogP contribution in [0.3, 0.4) is 0 Å². The summed E-state index contributed by atoms with van der Waals surface area (Å²) in [7, 11) is 0. The molecule has 9 heteroatoms. The zero-order valence-electron chi connectivity index (χ0n) is 15.3. The van der Waals surface area contributed by atoms with Gasteiger partial charge >= 0.3 is 0 Å². The van der Waals surface area contributed by atoms with Crippen molar-refractivity contribution >= 4 is 46.6 Å². The lowest BCUT2D eigenvalue weighted by Crippen LogP contribution is -2.14. The number of aromatic nitrogens is 3. The van der Waals surface area contributed by atoms with Gasteiger partial charge in [-0.25, -0.2) is 4.98 Å². The average Bonchev–Trinajstić information content (AvgIpc) is 3.10. The molecule has 0 atom stereocenters. The van der Waals surface area contributed by atoms with Crippen LogP contribution in [0.2, 0.25) is 10.0 Å². The summed E-state index contributed by atoms with van der Waals surface area (Å²) in [6.45, 7) is 4.26. The van der Waals surface area contributed by atoms with Crippen LogP contribution in [0, 0.1) is 13.8 Å². The Balaban J connectivity index is 1.51. The standard InChI is InChI=1S/C19H18Cl2N4O2S/c1-11-4-3-5-12(2)18(11)27-9-16-23-19(25-24-16)28-10-17(26)22-15-7-6-13(20)8-14(15)21/h3-8H,9-10H2,1-2H3,(H,22,26)(H,23,24,25). The van der Waals surface area contributed by atoms with Gasteiger partial charge in [-0.05, 0) is 43.2 Å². The van der Waals surface area contributed by atoms with Gasteiger partial charge < -0.3 is 10.1 Å². The summed E-state index contributed by atoms with van der Waals surface area (Å²) in [6.07, 6.45) is 0. The van der Waals surface area contributed by atoms with E-state index in [9.17, 15) is 4.79 Å². The van der Waals surface area contributed by atoms with Crippen LogP contribution >= 0.6 is 35.0 Å². The number of nitrogens with zero attached hydrogens (tertiary/aromatic N) is 2. The van der Waals surface area contributed by atoms with Crippen LogP contribution in [-0.4, -0.2) is 26.8 Å². The number of para-hydroxylation sites is 1. The van der Waals surface area contributed by atoms with Crippen LogP contribution in [0.15, 0.2) is 41.6 Å². The van der Waals surface area contributed by atoms with E-state index in [-0.39, 0.29) is 18.3 Å². The molecule has 0 radical (unpaired) electrons. The fourth-order valence-corrected chi connectivity index (χ4v) is 3.55. The first-order valence-corrected chi connectivity index (χ1v) is 10.1. The molecule has 0 saturated carbocycles. The topological polar surface area (TPSA) is 79.9 Å². The third-order valence-corrected chi connectivity index (χ3v) is 5.21. The second kappa shape index (κ2) is 9.32. The minimum atomic E-state index is -0.215. The molecule has 2 N–H and O–H groups in total. The highest BCUT2D eigenvalue weighted by Gasteiger charge is 2.11. The number of H-pyrrole nitrogens is 1. The molecule has 0 aliphatic rings. The minimum Gasteiger partial charge on any atom is -0.485 e. The van der Waals surface area contributed by atoms with Gasteiger partial charge in [0.15, 0.2) is 5.82 Å². The van der Waals surface area contributed by atoms with Gasteiger partial charge in [-0.1, -0.05) is 53.2 Å². The van der Waals surface area contributed by atoms with Crippen LogP contribution in [0.5, 0.6) is 5.75 Å². The maximum atomic E-state index is 12.1. The van der Waals surface area contributed by atoms with Crippen molar-refractivity contribution in [2.45, 2.75) is 25.6 Å². The number of aromatic amines is 1. The number of amides is 1. The highest BCUT2D eigenvalue weighted by atomic mass is 35.5. The number of aryl methyl sites for hydroxylation is 2. The molecule has 146 valence electrons. The maximum Gasteiger partial charge on any atom is 0.234 e. The number of rotatable bonds is 7. The Hall–Kier alpha value is -2.22. The predicted molar refractivity (Wildman–Crippen MR) is 112 cm³/mol. The van der Waals surface area contributed by atoms with Gasteiger partial charge in [0.1, 0.15) is 12.4 Å². The molecule has 0 saturated heterocycles.